The lowest BCUT2D eigenvalue weighted by Crippen LogP contribution is -2.21. The summed E-state index contributed by atoms with van der Waals surface area (Å²) >= 11 is 1.90. The molecule has 1 aliphatic heterocycles. The number of nitrogens with zero attached hydrogens (tertiary/aromatic N) is 3. The highest BCUT2D eigenvalue weighted by atomic mass is 32.1. The van der Waals surface area contributed by atoms with Gasteiger partial charge in [-0.25, -0.2) is 4.99 Å². The Balaban J connectivity index is 1.15. The molecule has 0 fully saturated rings. The van der Waals surface area contributed by atoms with Crippen molar-refractivity contribution in [3.63, 3.8) is 0 Å². The van der Waals surface area contributed by atoms with Crippen LogP contribution in [0.1, 0.15) is 67.3 Å². The highest BCUT2D eigenvalue weighted by molar-refractivity contribution is 7.26. The van der Waals surface area contributed by atoms with Crippen LogP contribution in [-0.4, -0.2) is 16.1 Å². The molecule has 3 unspecified atom stereocenters. The number of aliphatic imine (C=N–C) groups is 2. The number of benzene rings is 9. The molecular weight excluding hydrogens is 807 g/mol. The van der Waals surface area contributed by atoms with Gasteiger partial charge in [-0.1, -0.05) is 172 Å². The molecular formula is C61H49N3S. The van der Waals surface area contributed by atoms with Gasteiger partial charge >= 0.3 is 0 Å². The van der Waals surface area contributed by atoms with Gasteiger partial charge in [0.1, 0.15) is 5.84 Å². The number of thiophene rings is 1. The maximum absolute atomic E-state index is 5.89. The molecule has 0 spiro atoms. The Bertz CT molecular complexity index is 3700. The van der Waals surface area contributed by atoms with Gasteiger partial charge in [-0.3, -0.25) is 4.99 Å². The summed E-state index contributed by atoms with van der Waals surface area (Å²) in [4.78, 5) is 11.7. The van der Waals surface area contributed by atoms with E-state index in [9.17, 15) is 0 Å². The van der Waals surface area contributed by atoms with E-state index in [-0.39, 0.29) is 12.0 Å². The van der Waals surface area contributed by atoms with Gasteiger partial charge in [0.2, 0.25) is 0 Å². The average Bonchev–Trinajstić information content (AvgIpc) is 3.89. The Hall–Kier alpha value is -7.14. The standard InChI is InChI=1S/C61H49N3S/c1-4-45(48-26-14-15-27-49(48)46-24-12-8-18-38(46)2)61-62-54(33-30-39(3)58(63-61)41-20-6-5-7-21-41)44-35-53-50-28-16-17-29-57(50)65-60(53)56(37-44)64-55-36-43-23-10-9-22-42(43)34-52(55)51-32-31-40-19-11-13-25-47(40)59(51)64/h5-29,31-32,34-37,39,45,58H,4,30,33H2,1-3H3. The second kappa shape index (κ2) is 16.1. The van der Waals surface area contributed by atoms with Gasteiger partial charge in [-0.15, -0.1) is 11.3 Å². The van der Waals surface area contributed by atoms with Crippen LogP contribution in [0.2, 0.25) is 0 Å². The number of hydrogen-bond donors (Lipinski definition) is 0. The van der Waals surface area contributed by atoms with Gasteiger partial charge in [0, 0.05) is 43.3 Å². The van der Waals surface area contributed by atoms with Crippen molar-refractivity contribution >= 4 is 86.4 Å². The van der Waals surface area contributed by atoms with Crippen LogP contribution in [0.3, 0.4) is 0 Å². The fourth-order valence-electron chi connectivity index (χ4n) is 10.8. The first-order valence-electron chi connectivity index (χ1n) is 23.2. The summed E-state index contributed by atoms with van der Waals surface area (Å²) in [7, 11) is 0. The van der Waals surface area contributed by atoms with Gasteiger partial charge in [-0.05, 0) is 112 Å². The zero-order valence-electron chi connectivity index (χ0n) is 37.0. The number of fused-ring (bicyclic) bond motifs is 9. The highest BCUT2D eigenvalue weighted by Gasteiger charge is 2.29. The van der Waals surface area contributed by atoms with Gasteiger partial charge in [0.15, 0.2) is 0 Å². The Labute approximate surface area is 384 Å². The van der Waals surface area contributed by atoms with Crippen molar-refractivity contribution in [2.24, 2.45) is 15.9 Å². The molecule has 11 aromatic rings. The van der Waals surface area contributed by atoms with E-state index >= 15 is 0 Å². The van der Waals surface area contributed by atoms with Crippen LogP contribution in [0.15, 0.2) is 198 Å². The summed E-state index contributed by atoms with van der Waals surface area (Å²) in [6.07, 6.45) is 2.68. The Morgan fingerprint density at radius 1 is 0.615 bits per heavy atom. The molecule has 0 amide bonds. The second-order valence-electron chi connectivity index (χ2n) is 18.0. The third-order valence-corrected chi connectivity index (χ3v) is 15.3. The van der Waals surface area contributed by atoms with Gasteiger partial charge < -0.3 is 4.57 Å². The molecule has 314 valence electrons. The lowest BCUT2D eigenvalue weighted by Gasteiger charge is -2.28. The summed E-state index contributed by atoms with van der Waals surface area (Å²) in [5.74, 6) is 1.19. The van der Waals surface area contributed by atoms with E-state index in [0.717, 1.165) is 36.4 Å². The van der Waals surface area contributed by atoms with E-state index in [1.807, 2.05) is 11.3 Å². The lowest BCUT2D eigenvalue weighted by molar-refractivity contribution is 0.444. The molecule has 3 heterocycles. The SMILES string of the molecule is CCC(C1=NC(c2ccccc2)C(C)CCC(c2cc(-n3c4cc5ccccc5cc4c4ccc5ccccc5c43)c3sc4ccccc4c3c2)=N1)c1ccccc1-c1ccccc1C. The molecule has 9 aromatic carbocycles. The molecule has 12 rings (SSSR count). The van der Waals surface area contributed by atoms with Gasteiger partial charge in [0.05, 0.1) is 27.5 Å². The zero-order valence-corrected chi connectivity index (χ0v) is 37.8. The molecule has 0 N–H and O–H groups in total. The molecule has 3 atom stereocenters. The van der Waals surface area contributed by atoms with Crippen molar-refractivity contribution in [2.45, 2.75) is 52.0 Å². The van der Waals surface area contributed by atoms with Crippen molar-refractivity contribution in [2.75, 3.05) is 0 Å². The third-order valence-electron chi connectivity index (χ3n) is 14.1. The second-order valence-corrected chi connectivity index (χ2v) is 19.0. The quantitative estimate of drug-likeness (QED) is 0.153. The fraction of sp³-hybridized carbons (Fsp3) is 0.148. The monoisotopic (exact) mass is 855 g/mol. The minimum atomic E-state index is -0.0144. The van der Waals surface area contributed by atoms with E-state index in [0.29, 0.717) is 5.92 Å². The largest absolute Gasteiger partial charge is 0.307 e. The first kappa shape index (κ1) is 39.5. The topological polar surface area (TPSA) is 29.6 Å². The van der Waals surface area contributed by atoms with Crippen LogP contribution in [0.25, 0.3) is 80.3 Å². The van der Waals surface area contributed by atoms with E-state index in [4.69, 9.17) is 9.98 Å². The van der Waals surface area contributed by atoms with Gasteiger partial charge in [0.25, 0.3) is 0 Å². The maximum atomic E-state index is 5.89. The minimum absolute atomic E-state index is 0.00395. The number of aromatic nitrogens is 1. The summed E-state index contributed by atoms with van der Waals surface area (Å²) in [6, 6.07) is 69.5. The average molecular weight is 856 g/mol. The minimum Gasteiger partial charge on any atom is -0.307 e. The normalized spacial score (nSPS) is 16.3. The van der Waals surface area contributed by atoms with Crippen molar-refractivity contribution in [3.05, 3.63) is 210 Å². The molecule has 0 bridgehead atoms. The van der Waals surface area contributed by atoms with Crippen LogP contribution < -0.4 is 0 Å². The Morgan fingerprint density at radius 3 is 2.12 bits per heavy atom. The number of aryl methyl sites for hydroxylation is 1. The first-order valence-corrected chi connectivity index (χ1v) is 24.0. The lowest BCUT2D eigenvalue weighted by atomic mass is 9.85. The Morgan fingerprint density at radius 2 is 1.31 bits per heavy atom. The fourth-order valence-corrected chi connectivity index (χ4v) is 12.0. The molecule has 0 saturated heterocycles. The van der Waals surface area contributed by atoms with E-state index < -0.39 is 0 Å². The number of amidine groups is 1. The van der Waals surface area contributed by atoms with Crippen LogP contribution >= 0.6 is 11.3 Å². The molecule has 3 nitrogen and oxygen atoms in total. The molecule has 65 heavy (non-hydrogen) atoms. The first-order chi connectivity index (χ1) is 32.0. The van der Waals surface area contributed by atoms with Crippen molar-refractivity contribution in [3.8, 4) is 16.8 Å². The molecule has 1 aliphatic rings. The Kier molecular flexibility index (Phi) is 9.79. The third kappa shape index (κ3) is 6.70. The molecule has 2 aromatic heterocycles. The van der Waals surface area contributed by atoms with Crippen molar-refractivity contribution in [1.29, 1.82) is 0 Å². The number of rotatable bonds is 7. The highest BCUT2D eigenvalue weighted by Crippen LogP contribution is 2.45. The van der Waals surface area contributed by atoms with Crippen molar-refractivity contribution < 1.29 is 0 Å². The molecule has 0 radical (unpaired) electrons. The van der Waals surface area contributed by atoms with E-state index in [2.05, 4.69) is 213 Å². The van der Waals surface area contributed by atoms with Crippen LogP contribution in [0, 0.1) is 12.8 Å². The summed E-state index contributed by atoms with van der Waals surface area (Å²) in [6.45, 7) is 6.90. The van der Waals surface area contributed by atoms with Crippen LogP contribution in [0.5, 0.6) is 0 Å². The summed E-state index contributed by atoms with van der Waals surface area (Å²) < 4.78 is 5.16. The smallest absolute Gasteiger partial charge is 0.131 e. The predicted octanol–water partition coefficient (Wildman–Crippen LogP) is 17.0. The van der Waals surface area contributed by atoms with E-state index in [1.165, 1.54) is 97.0 Å². The summed E-state index contributed by atoms with van der Waals surface area (Å²) in [5.41, 5.74) is 12.2. The molecule has 0 saturated carbocycles. The molecule has 0 aliphatic carbocycles. The van der Waals surface area contributed by atoms with Crippen molar-refractivity contribution in [1.82, 2.24) is 4.57 Å². The van der Waals surface area contributed by atoms with Gasteiger partial charge in [-0.2, -0.15) is 0 Å². The van der Waals surface area contributed by atoms with E-state index in [1.54, 1.807) is 0 Å². The predicted molar refractivity (Wildman–Crippen MR) is 280 cm³/mol. The zero-order chi connectivity index (χ0) is 43.6. The summed E-state index contributed by atoms with van der Waals surface area (Å²) in [5, 5.41) is 10.1. The molecule has 4 heteroatoms. The maximum Gasteiger partial charge on any atom is 0.131 e. The number of hydrogen-bond acceptors (Lipinski definition) is 3. The van der Waals surface area contributed by atoms with Crippen LogP contribution in [-0.2, 0) is 0 Å². The van der Waals surface area contributed by atoms with Crippen LogP contribution in [0.4, 0.5) is 0 Å².